The number of hydrogen-bond donors (Lipinski definition) is 3. The van der Waals surface area contributed by atoms with E-state index in [9.17, 15) is 19.5 Å². The second-order valence-electron chi connectivity index (χ2n) is 5.37. The minimum Gasteiger partial charge on any atom is -0.480 e. The number of nitrogens with two attached hydrogens (primary N) is 1. The molecule has 1 unspecified atom stereocenters. The van der Waals surface area contributed by atoms with E-state index in [1.165, 1.54) is 0 Å². The predicted molar refractivity (Wildman–Crippen MR) is 87.1 cm³/mol. The van der Waals surface area contributed by atoms with Crippen LogP contribution >= 0.6 is 15.9 Å². The van der Waals surface area contributed by atoms with E-state index < -0.39 is 37.0 Å². The minimum atomic E-state index is -1.28. The van der Waals surface area contributed by atoms with Crippen molar-refractivity contribution >= 4 is 33.8 Å². The zero-order valence-corrected chi connectivity index (χ0v) is 14.7. The van der Waals surface area contributed by atoms with Crippen molar-refractivity contribution in [1.29, 1.82) is 0 Å². The van der Waals surface area contributed by atoms with Crippen molar-refractivity contribution in [3.63, 3.8) is 0 Å². The van der Waals surface area contributed by atoms with Gasteiger partial charge in [0.05, 0.1) is 13.1 Å². The lowest BCUT2D eigenvalue weighted by Gasteiger charge is -2.29. The summed E-state index contributed by atoms with van der Waals surface area (Å²) >= 11 is 3.41. The van der Waals surface area contributed by atoms with E-state index in [1.54, 1.807) is 13.8 Å². The summed E-state index contributed by atoms with van der Waals surface area (Å²) in [5.41, 5.74) is 7.93. The molecule has 0 aliphatic carbocycles. The molecule has 0 heterocycles. The van der Waals surface area contributed by atoms with Crippen molar-refractivity contribution in [2.24, 2.45) is 5.73 Å². The molecule has 4 N–H and O–H groups in total. The first kappa shape index (κ1) is 19.1. The smallest absolute Gasteiger partial charge is 0.325 e. The van der Waals surface area contributed by atoms with Gasteiger partial charge in [0.25, 0.3) is 0 Å². The lowest BCUT2D eigenvalue weighted by molar-refractivity contribution is -0.147. The van der Waals surface area contributed by atoms with E-state index in [-0.39, 0.29) is 0 Å². The third-order valence-electron chi connectivity index (χ3n) is 3.51. The van der Waals surface area contributed by atoms with E-state index in [0.29, 0.717) is 16.7 Å². The van der Waals surface area contributed by atoms with Crippen molar-refractivity contribution in [2.75, 3.05) is 13.1 Å². The lowest BCUT2D eigenvalue weighted by Crippen LogP contribution is -2.43. The zero-order chi connectivity index (χ0) is 17.9. The summed E-state index contributed by atoms with van der Waals surface area (Å²) < 4.78 is 0.749. The number of nitrogens with zero attached hydrogens (tertiary/aromatic N) is 1. The second kappa shape index (κ2) is 7.56. The quantitative estimate of drug-likeness (QED) is 0.650. The topological polar surface area (TPSA) is 121 Å². The van der Waals surface area contributed by atoms with E-state index in [0.717, 1.165) is 14.9 Å². The molecule has 1 rings (SSSR count). The van der Waals surface area contributed by atoms with Crippen LogP contribution in [0.1, 0.15) is 28.3 Å². The Kier molecular flexibility index (Phi) is 6.28. The molecule has 1 amide bonds. The number of halogens is 1. The van der Waals surface area contributed by atoms with Gasteiger partial charge in [-0.25, -0.2) is 0 Å². The molecule has 7 nitrogen and oxygen atoms in total. The highest BCUT2D eigenvalue weighted by Crippen LogP contribution is 2.33. The van der Waals surface area contributed by atoms with Crippen LogP contribution in [0, 0.1) is 20.8 Å². The molecule has 8 heteroatoms. The summed E-state index contributed by atoms with van der Waals surface area (Å²) in [6.45, 7) is 4.31. The Labute approximate surface area is 142 Å². The number of rotatable bonds is 7. The van der Waals surface area contributed by atoms with Crippen LogP contribution in [0.4, 0.5) is 0 Å². The van der Waals surface area contributed by atoms with Crippen LogP contribution in [0.15, 0.2) is 10.5 Å². The van der Waals surface area contributed by atoms with Crippen molar-refractivity contribution in [3.8, 4) is 0 Å². The van der Waals surface area contributed by atoms with Gasteiger partial charge in [-0.05, 0) is 43.0 Å². The minimum absolute atomic E-state index is 0.456. The molecule has 126 valence electrons. The Bertz CT molecular complexity index is 644. The van der Waals surface area contributed by atoms with Gasteiger partial charge in [0.2, 0.25) is 5.91 Å². The highest BCUT2D eigenvalue weighted by atomic mass is 79.9. The Hall–Kier alpha value is -1.93. The third kappa shape index (κ3) is 4.52. The summed E-state index contributed by atoms with van der Waals surface area (Å²) in [7, 11) is 0. The number of carboxylic acid groups (broad SMARTS) is 2. The van der Waals surface area contributed by atoms with Gasteiger partial charge in [-0.3, -0.25) is 19.3 Å². The molecule has 1 aromatic carbocycles. The fraction of sp³-hybridized carbons (Fsp3) is 0.400. The van der Waals surface area contributed by atoms with Gasteiger partial charge in [0.1, 0.15) is 6.04 Å². The van der Waals surface area contributed by atoms with Crippen molar-refractivity contribution in [1.82, 2.24) is 4.90 Å². The summed E-state index contributed by atoms with van der Waals surface area (Å²) in [4.78, 5) is 35.1. The average Bonchev–Trinajstić information content (AvgIpc) is 2.38. The molecule has 0 fully saturated rings. The molecule has 1 aromatic rings. The van der Waals surface area contributed by atoms with Gasteiger partial charge in [0.15, 0.2) is 0 Å². The first-order chi connectivity index (χ1) is 10.6. The van der Waals surface area contributed by atoms with Crippen LogP contribution in [0.2, 0.25) is 0 Å². The fourth-order valence-electron chi connectivity index (χ4n) is 2.67. The van der Waals surface area contributed by atoms with Gasteiger partial charge < -0.3 is 15.9 Å². The largest absolute Gasteiger partial charge is 0.480 e. The maximum atomic E-state index is 11.8. The van der Waals surface area contributed by atoms with Crippen LogP contribution in [0.3, 0.4) is 0 Å². The second-order valence-corrected chi connectivity index (χ2v) is 6.16. The van der Waals surface area contributed by atoms with Gasteiger partial charge >= 0.3 is 11.9 Å². The normalized spacial score (nSPS) is 12.2. The number of primary amides is 1. The number of carbonyl (C=O) groups excluding carboxylic acids is 1. The molecule has 23 heavy (non-hydrogen) atoms. The van der Waals surface area contributed by atoms with Crippen LogP contribution in [-0.2, 0) is 14.4 Å². The monoisotopic (exact) mass is 386 g/mol. The molecule has 0 aromatic heterocycles. The molecule has 0 bridgehead atoms. The number of amides is 1. The van der Waals surface area contributed by atoms with E-state index in [2.05, 4.69) is 15.9 Å². The van der Waals surface area contributed by atoms with Crippen molar-refractivity contribution < 1.29 is 24.6 Å². The van der Waals surface area contributed by atoms with Crippen LogP contribution in [0.25, 0.3) is 0 Å². The molecule has 0 radical (unpaired) electrons. The van der Waals surface area contributed by atoms with Crippen molar-refractivity contribution in [2.45, 2.75) is 26.8 Å². The molecule has 0 aliphatic rings. The molecule has 0 saturated heterocycles. The number of hydrogen-bond acceptors (Lipinski definition) is 4. The number of aryl methyl sites for hydroxylation is 2. The molecule has 0 saturated carbocycles. The summed E-state index contributed by atoms with van der Waals surface area (Å²) in [5, 5.41) is 18.6. The first-order valence-corrected chi connectivity index (χ1v) is 7.58. The van der Waals surface area contributed by atoms with Gasteiger partial charge in [-0.1, -0.05) is 22.0 Å². The van der Waals surface area contributed by atoms with Crippen LogP contribution in [0.5, 0.6) is 0 Å². The van der Waals surface area contributed by atoms with E-state index >= 15 is 0 Å². The number of carboxylic acids is 2. The number of aliphatic carboxylic acids is 2. The average molecular weight is 387 g/mol. The Morgan fingerprint density at radius 2 is 1.74 bits per heavy atom. The Morgan fingerprint density at radius 3 is 2.17 bits per heavy atom. The molecule has 0 aliphatic heterocycles. The fourth-order valence-corrected chi connectivity index (χ4v) is 3.00. The summed E-state index contributed by atoms with van der Waals surface area (Å²) in [6, 6.07) is 0.529. The summed E-state index contributed by atoms with van der Waals surface area (Å²) in [6.07, 6.45) is 0. The standard InChI is InChI=1S/C15H19BrN2O5/c1-7-4-8(2)13(16)9(3)12(7)14(15(22)23)18(5-10(17)19)6-11(20)21/h4,14H,5-6H2,1-3H3,(H2,17,19)(H,20,21)(H,22,23). The van der Waals surface area contributed by atoms with Crippen LogP contribution < -0.4 is 5.73 Å². The highest BCUT2D eigenvalue weighted by Gasteiger charge is 2.33. The molecule has 1 atom stereocenters. The molecule has 0 spiro atoms. The number of benzene rings is 1. The van der Waals surface area contributed by atoms with Gasteiger partial charge in [-0.15, -0.1) is 0 Å². The van der Waals surface area contributed by atoms with Gasteiger partial charge in [-0.2, -0.15) is 0 Å². The maximum Gasteiger partial charge on any atom is 0.325 e. The van der Waals surface area contributed by atoms with E-state index in [4.69, 9.17) is 10.8 Å². The third-order valence-corrected chi connectivity index (χ3v) is 4.73. The van der Waals surface area contributed by atoms with Crippen molar-refractivity contribution in [3.05, 3.63) is 32.8 Å². The maximum absolute atomic E-state index is 11.8. The Balaban J connectivity index is 3.51. The highest BCUT2D eigenvalue weighted by molar-refractivity contribution is 9.10. The SMILES string of the molecule is Cc1cc(C)c(C(C(=O)O)N(CC(N)=O)CC(=O)O)c(C)c1Br. The first-order valence-electron chi connectivity index (χ1n) is 6.79. The molecular weight excluding hydrogens is 368 g/mol. The Morgan fingerprint density at radius 1 is 1.17 bits per heavy atom. The predicted octanol–water partition coefficient (Wildman–Crippen LogP) is 1.37. The van der Waals surface area contributed by atoms with E-state index in [1.807, 2.05) is 13.0 Å². The van der Waals surface area contributed by atoms with Gasteiger partial charge in [0, 0.05) is 4.47 Å². The van der Waals surface area contributed by atoms with Crippen LogP contribution in [-0.4, -0.2) is 46.0 Å². The lowest BCUT2D eigenvalue weighted by atomic mass is 9.93. The summed E-state index contributed by atoms with van der Waals surface area (Å²) in [5.74, 6) is -3.27. The zero-order valence-electron chi connectivity index (χ0n) is 13.1. The number of carbonyl (C=O) groups is 3. The molecular formula is C15H19BrN2O5.